The molecule has 0 saturated heterocycles. The molecule has 0 radical (unpaired) electrons. The number of anilines is 1. The summed E-state index contributed by atoms with van der Waals surface area (Å²) in [7, 11) is -3.49. The Hall–Kier alpha value is -2.35. The number of hydrogen-bond donors (Lipinski definition) is 3. The lowest BCUT2D eigenvalue weighted by molar-refractivity contribution is -0.146. The molecule has 0 aliphatic heterocycles. The van der Waals surface area contributed by atoms with Crippen LogP contribution in [0.15, 0.2) is 35.2 Å². The highest BCUT2D eigenvalue weighted by atomic mass is 32.2. The number of aromatic hydroxyl groups is 1. The lowest BCUT2D eigenvalue weighted by Gasteiger charge is -2.24. The Labute approximate surface area is 139 Å². The van der Waals surface area contributed by atoms with Gasteiger partial charge in [-0.2, -0.15) is 0 Å². The van der Waals surface area contributed by atoms with Crippen LogP contribution in [0.1, 0.15) is 19.8 Å². The van der Waals surface area contributed by atoms with Crippen LogP contribution >= 0.6 is 0 Å². The van der Waals surface area contributed by atoms with Gasteiger partial charge >= 0.3 is 5.97 Å². The number of carboxylic acid groups (broad SMARTS) is 1. The maximum atomic E-state index is 12.4. The molecule has 0 aromatic heterocycles. The Morgan fingerprint density at radius 1 is 1.21 bits per heavy atom. The lowest BCUT2D eigenvalue weighted by atomic mass is 9.82. The first-order valence-electron chi connectivity index (χ1n) is 7.50. The van der Waals surface area contributed by atoms with Crippen molar-refractivity contribution >= 4 is 27.4 Å². The molecule has 2 atom stereocenters. The van der Waals surface area contributed by atoms with Crippen LogP contribution in [0.4, 0.5) is 5.69 Å². The Morgan fingerprint density at radius 3 is 2.42 bits per heavy atom. The molecule has 24 heavy (non-hydrogen) atoms. The summed E-state index contributed by atoms with van der Waals surface area (Å²) in [6, 6.07) is 3.63. The second-order valence-electron chi connectivity index (χ2n) is 5.57. The van der Waals surface area contributed by atoms with Crippen LogP contribution in [0.3, 0.4) is 0 Å². The second kappa shape index (κ2) is 7.04. The van der Waals surface area contributed by atoms with Crippen LogP contribution in [0.2, 0.25) is 0 Å². The highest BCUT2D eigenvalue weighted by molar-refractivity contribution is 7.91. The summed E-state index contributed by atoms with van der Waals surface area (Å²) >= 11 is 0. The minimum atomic E-state index is -3.49. The van der Waals surface area contributed by atoms with Crippen molar-refractivity contribution in [2.75, 3.05) is 11.1 Å². The van der Waals surface area contributed by atoms with Crippen LogP contribution in [-0.2, 0) is 19.4 Å². The first-order valence-corrected chi connectivity index (χ1v) is 9.16. The third kappa shape index (κ3) is 3.76. The molecule has 2 unspecified atom stereocenters. The van der Waals surface area contributed by atoms with E-state index in [1.807, 2.05) is 0 Å². The number of sulfone groups is 1. The molecular weight excluding hydrogens is 334 g/mol. The number of amides is 1. The maximum absolute atomic E-state index is 12.4. The molecule has 1 aliphatic rings. The number of benzene rings is 1. The Balaban J connectivity index is 2.27. The van der Waals surface area contributed by atoms with Gasteiger partial charge in [0.2, 0.25) is 5.91 Å². The molecule has 0 heterocycles. The van der Waals surface area contributed by atoms with Gasteiger partial charge in [0.05, 0.1) is 28.2 Å². The van der Waals surface area contributed by atoms with Gasteiger partial charge in [0.1, 0.15) is 5.75 Å². The van der Waals surface area contributed by atoms with E-state index < -0.39 is 33.5 Å². The van der Waals surface area contributed by atoms with E-state index in [-0.39, 0.29) is 34.9 Å². The molecule has 1 amide bonds. The van der Waals surface area contributed by atoms with Gasteiger partial charge in [-0.1, -0.05) is 19.1 Å². The molecule has 1 aromatic carbocycles. The Morgan fingerprint density at radius 2 is 1.83 bits per heavy atom. The molecule has 0 spiro atoms. The van der Waals surface area contributed by atoms with Crippen molar-refractivity contribution in [2.24, 2.45) is 11.8 Å². The van der Waals surface area contributed by atoms with Crippen LogP contribution in [0, 0.1) is 11.8 Å². The lowest BCUT2D eigenvalue weighted by Crippen LogP contribution is -2.34. The van der Waals surface area contributed by atoms with Gasteiger partial charge in [-0.25, -0.2) is 8.42 Å². The predicted octanol–water partition coefficient (Wildman–Crippen LogP) is 1.79. The average molecular weight is 353 g/mol. The zero-order valence-electron chi connectivity index (χ0n) is 13.1. The number of phenolic OH excluding ortho intramolecular Hbond substituents is 1. The van der Waals surface area contributed by atoms with Crippen LogP contribution < -0.4 is 5.32 Å². The quantitative estimate of drug-likeness (QED) is 0.548. The number of carbonyl (C=O) groups excluding carboxylic acids is 1. The summed E-state index contributed by atoms with van der Waals surface area (Å²) in [5.74, 6) is -3.64. The summed E-state index contributed by atoms with van der Waals surface area (Å²) in [5.41, 5.74) is -0.0479. The van der Waals surface area contributed by atoms with E-state index in [9.17, 15) is 28.2 Å². The van der Waals surface area contributed by atoms with E-state index in [0.717, 1.165) is 0 Å². The van der Waals surface area contributed by atoms with Crippen molar-refractivity contribution in [1.82, 2.24) is 0 Å². The number of rotatable bonds is 5. The molecule has 0 bridgehead atoms. The number of phenols is 1. The molecular formula is C16H19NO6S. The summed E-state index contributed by atoms with van der Waals surface area (Å²) in [5, 5.41) is 21.5. The van der Waals surface area contributed by atoms with Crippen LogP contribution in [0.5, 0.6) is 5.75 Å². The molecule has 1 aromatic rings. The smallest absolute Gasteiger partial charge is 0.307 e. The zero-order valence-corrected chi connectivity index (χ0v) is 13.9. The highest BCUT2D eigenvalue weighted by Gasteiger charge is 2.34. The van der Waals surface area contributed by atoms with Crippen molar-refractivity contribution in [3.05, 3.63) is 30.4 Å². The highest BCUT2D eigenvalue weighted by Crippen LogP contribution is 2.31. The molecule has 7 nitrogen and oxygen atoms in total. The van der Waals surface area contributed by atoms with E-state index in [4.69, 9.17) is 0 Å². The van der Waals surface area contributed by atoms with E-state index in [2.05, 4.69) is 5.32 Å². The normalized spacial score (nSPS) is 20.5. The molecule has 3 N–H and O–H groups in total. The Bertz CT molecular complexity index is 784. The van der Waals surface area contributed by atoms with Gasteiger partial charge in [0.15, 0.2) is 9.84 Å². The largest absolute Gasteiger partial charge is 0.506 e. The third-order valence-electron chi connectivity index (χ3n) is 4.05. The van der Waals surface area contributed by atoms with Gasteiger partial charge in [0, 0.05) is 0 Å². The molecule has 2 rings (SSSR count). The zero-order chi connectivity index (χ0) is 17.9. The van der Waals surface area contributed by atoms with Gasteiger partial charge in [-0.15, -0.1) is 0 Å². The van der Waals surface area contributed by atoms with Crippen molar-refractivity contribution in [2.45, 2.75) is 24.7 Å². The van der Waals surface area contributed by atoms with E-state index in [0.29, 0.717) is 0 Å². The monoisotopic (exact) mass is 353 g/mol. The van der Waals surface area contributed by atoms with E-state index in [1.54, 1.807) is 12.2 Å². The minimum absolute atomic E-state index is 0.0172. The predicted molar refractivity (Wildman–Crippen MR) is 87.5 cm³/mol. The standard InChI is InChI=1S/C16H19NO6S/c1-2-24(22,23)10-7-8-14(18)13(9-10)17-15(19)11-5-3-4-6-12(11)16(20)21/h3-4,7-9,11-12,18H,2,5-6H2,1H3,(H,17,19)(H,20,21). The number of allylic oxidation sites excluding steroid dienone is 2. The summed E-state index contributed by atoms with van der Waals surface area (Å²) < 4.78 is 23.8. The fraction of sp³-hybridized carbons (Fsp3) is 0.375. The van der Waals surface area contributed by atoms with Crippen molar-refractivity contribution in [3.8, 4) is 5.75 Å². The Kier molecular flexibility index (Phi) is 5.28. The molecule has 1 aliphatic carbocycles. The number of carbonyl (C=O) groups is 2. The van der Waals surface area contributed by atoms with E-state index >= 15 is 0 Å². The summed E-state index contributed by atoms with van der Waals surface area (Å²) in [6.07, 6.45) is 3.98. The van der Waals surface area contributed by atoms with Gasteiger partial charge in [-0.3, -0.25) is 9.59 Å². The molecule has 0 fully saturated rings. The van der Waals surface area contributed by atoms with Gasteiger partial charge < -0.3 is 15.5 Å². The average Bonchev–Trinajstić information content (AvgIpc) is 2.56. The number of hydrogen-bond acceptors (Lipinski definition) is 5. The first kappa shape index (κ1) is 18.0. The third-order valence-corrected chi connectivity index (χ3v) is 5.78. The SMILES string of the molecule is CCS(=O)(=O)c1ccc(O)c(NC(=O)C2CC=CCC2C(=O)O)c1. The van der Waals surface area contributed by atoms with Crippen LogP contribution in [-0.4, -0.2) is 36.3 Å². The maximum Gasteiger partial charge on any atom is 0.307 e. The van der Waals surface area contributed by atoms with Gasteiger partial charge in [0.25, 0.3) is 0 Å². The number of carboxylic acids is 1. The second-order valence-corrected chi connectivity index (χ2v) is 7.84. The summed E-state index contributed by atoms with van der Waals surface area (Å²) in [6.45, 7) is 1.49. The van der Waals surface area contributed by atoms with Crippen molar-refractivity contribution < 1.29 is 28.2 Å². The van der Waals surface area contributed by atoms with Crippen LogP contribution in [0.25, 0.3) is 0 Å². The first-order chi connectivity index (χ1) is 11.3. The summed E-state index contributed by atoms with van der Waals surface area (Å²) in [4.78, 5) is 23.6. The van der Waals surface area contributed by atoms with E-state index in [1.165, 1.54) is 25.1 Å². The molecule has 8 heteroatoms. The fourth-order valence-electron chi connectivity index (χ4n) is 2.58. The fourth-order valence-corrected chi connectivity index (χ4v) is 3.48. The van der Waals surface area contributed by atoms with Crippen molar-refractivity contribution in [3.63, 3.8) is 0 Å². The molecule has 0 saturated carbocycles. The minimum Gasteiger partial charge on any atom is -0.506 e. The topological polar surface area (TPSA) is 121 Å². The van der Waals surface area contributed by atoms with Crippen molar-refractivity contribution in [1.29, 1.82) is 0 Å². The number of aliphatic carboxylic acids is 1. The molecule has 130 valence electrons. The number of nitrogens with one attached hydrogen (secondary N) is 1. The van der Waals surface area contributed by atoms with Gasteiger partial charge in [-0.05, 0) is 31.0 Å².